The monoisotopic (exact) mass is 418 g/mol. The van der Waals surface area contributed by atoms with Crippen molar-refractivity contribution < 1.29 is 24.2 Å². The highest BCUT2D eigenvalue weighted by atomic mass is 16.5. The van der Waals surface area contributed by atoms with Crippen LogP contribution in [-0.4, -0.2) is 29.5 Å². The van der Waals surface area contributed by atoms with Crippen LogP contribution in [0.3, 0.4) is 0 Å². The van der Waals surface area contributed by atoms with E-state index in [1.165, 1.54) is 12.1 Å². The van der Waals surface area contributed by atoms with Gasteiger partial charge in [-0.25, -0.2) is 4.79 Å². The summed E-state index contributed by atoms with van der Waals surface area (Å²) >= 11 is 0. The summed E-state index contributed by atoms with van der Waals surface area (Å²) < 4.78 is 4.95. The van der Waals surface area contributed by atoms with Crippen molar-refractivity contribution in [1.29, 1.82) is 0 Å². The van der Waals surface area contributed by atoms with E-state index >= 15 is 0 Å². The number of aromatic hydroxyl groups is 1. The zero-order valence-corrected chi connectivity index (χ0v) is 16.9. The van der Waals surface area contributed by atoms with Crippen LogP contribution in [-0.2, 0) is 16.1 Å². The highest BCUT2D eigenvalue weighted by Crippen LogP contribution is 2.17. The van der Waals surface area contributed by atoms with Gasteiger partial charge in [0.1, 0.15) is 11.3 Å². The van der Waals surface area contributed by atoms with Crippen molar-refractivity contribution in [3.63, 3.8) is 0 Å². The summed E-state index contributed by atoms with van der Waals surface area (Å²) in [6, 6.07) is 20.2. The SMILES string of the molecule is Cc1ccc(CNC(=O)c2ccccc2NC(=O)COC(=O)c2ccccc2O)cc1. The van der Waals surface area contributed by atoms with E-state index in [4.69, 9.17) is 4.74 Å². The van der Waals surface area contributed by atoms with E-state index in [-0.39, 0.29) is 22.8 Å². The van der Waals surface area contributed by atoms with E-state index in [1.54, 1.807) is 36.4 Å². The normalized spacial score (nSPS) is 10.2. The van der Waals surface area contributed by atoms with Crippen LogP contribution in [0.4, 0.5) is 5.69 Å². The van der Waals surface area contributed by atoms with E-state index in [1.807, 2.05) is 31.2 Å². The van der Waals surface area contributed by atoms with E-state index in [9.17, 15) is 19.5 Å². The number of ether oxygens (including phenoxy) is 1. The van der Waals surface area contributed by atoms with Gasteiger partial charge in [0.15, 0.2) is 6.61 Å². The van der Waals surface area contributed by atoms with Crippen molar-refractivity contribution in [3.05, 3.63) is 95.1 Å². The first-order valence-electron chi connectivity index (χ1n) is 9.62. The Bertz CT molecular complexity index is 1090. The van der Waals surface area contributed by atoms with Gasteiger partial charge in [0.25, 0.3) is 11.8 Å². The van der Waals surface area contributed by atoms with Crippen LogP contribution < -0.4 is 10.6 Å². The zero-order valence-electron chi connectivity index (χ0n) is 16.9. The van der Waals surface area contributed by atoms with Crippen LogP contribution >= 0.6 is 0 Å². The van der Waals surface area contributed by atoms with Crippen molar-refractivity contribution >= 4 is 23.5 Å². The summed E-state index contributed by atoms with van der Waals surface area (Å²) in [6.07, 6.45) is 0. The van der Waals surface area contributed by atoms with Crippen LogP contribution in [0, 0.1) is 6.92 Å². The minimum Gasteiger partial charge on any atom is -0.507 e. The number of para-hydroxylation sites is 2. The van der Waals surface area contributed by atoms with Crippen molar-refractivity contribution in [2.75, 3.05) is 11.9 Å². The third-order valence-corrected chi connectivity index (χ3v) is 4.48. The minimum atomic E-state index is -0.822. The molecule has 3 N–H and O–H groups in total. The molecule has 0 saturated heterocycles. The Morgan fingerprint density at radius 3 is 2.23 bits per heavy atom. The van der Waals surface area contributed by atoms with E-state index < -0.39 is 18.5 Å². The number of carbonyl (C=O) groups is 3. The summed E-state index contributed by atoms with van der Waals surface area (Å²) in [5, 5.41) is 15.1. The third kappa shape index (κ3) is 5.93. The summed E-state index contributed by atoms with van der Waals surface area (Å²) in [5.74, 6) is -2.01. The molecule has 0 aliphatic carbocycles. The number of anilines is 1. The quantitative estimate of drug-likeness (QED) is 0.510. The van der Waals surface area contributed by atoms with Gasteiger partial charge < -0.3 is 20.5 Å². The molecule has 2 amide bonds. The molecule has 0 radical (unpaired) electrons. The molecule has 0 bridgehead atoms. The van der Waals surface area contributed by atoms with Gasteiger partial charge in [0, 0.05) is 6.54 Å². The average Bonchev–Trinajstić information content (AvgIpc) is 2.77. The predicted octanol–water partition coefficient (Wildman–Crippen LogP) is 3.43. The number of carbonyl (C=O) groups excluding carboxylic acids is 3. The molecule has 0 aliphatic rings. The van der Waals surface area contributed by atoms with Gasteiger partial charge in [0.05, 0.1) is 11.3 Å². The van der Waals surface area contributed by atoms with Gasteiger partial charge in [-0.2, -0.15) is 0 Å². The third-order valence-electron chi connectivity index (χ3n) is 4.48. The molecule has 7 heteroatoms. The van der Waals surface area contributed by atoms with Crippen LogP contribution in [0.25, 0.3) is 0 Å². The molecule has 31 heavy (non-hydrogen) atoms. The van der Waals surface area contributed by atoms with Crippen molar-refractivity contribution in [2.24, 2.45) is 0 Å². The Morgan fingerprint density at radius 2 is 1.52 bits per heavy atom. The summed E-state index contributed by atoms with van der Waals surface area (Å²) in [7, 11) is 0. The van der Waals surface area contributed by atoms with Crippen LogP contribution in [0.2, 0.25) is 0 Å². The molecule has 3 rings (SSSR count). The molecule has 158 valence electrons. The molecule has 7 nitrogen and oxygen atoms in total. The van der Waals surface area contributed by atoms with Gasteiger partial charge in [-0.1, -0.05) is 54.1 Å². The number of rotatable bonds is 7. The molecule has 0 unspecified atom stereocenters. The van der Waals surface area contributed by atoms with Crippen LogP contribution in [0.1, 0.15) is 31.8 Å². The predicted molar refractivity (Wildman–Crippen MR) is 116 cm³/mol. The van der Waals surface area contributed by atoms with Crippen molar-refractivity contribution in [2.45, 2.75) is 13.5 Å². The van der Waals surface area contributed by atoms with Crippen LogP contribution in [0.15, 0.2) is 72.8 Å². The molecule has 0 aliphatic heterocycles. The molecule has 0 fully saturated rings. The van der Waals surface area contributed by atoms with Gasteiger partial charge in [0.2, 0.25) is 0 Å². The summed E-state index contributed by atoms with van der Waals surface area (Å²) in [6.45, 7) is 1.77. The second kappa shape index (κ2) is 10.1. The molecule has 3 aromatic rings. The zero-order chi connectivity index (χ0) is 22.2. The first kappa shape index (κ1) is 21.6. The van der Waals surface area contributed by atoms with E-state index in [0.29, 0.717) is 12.2 Å². The summed E-state index contributed by atoms with van der Waals surface area (Å²) in [4.78, 5) is 36.8. The van der Waals surface area contributed by atoms with Gasteiger partial charge in [-0.15, -0.1) is 0 Å². The fourth-order valence-electron chi connectivity index (χ4n) is 2.82. The second-order valence-electron chi connectivity index (χ2n) is 6.86. The number of benzene rings is 3. The Morgan fingerprint density at radius 1 is 0.871 bits per heavy atom. The first-order chi connectivity index (χ1) is 14.9. The molecular formula is C24H22N2O5. The number of phenolic OH excluding ortho intramolecular Hbond substituents is 1. The lowest BCUT2D eigenvalue weighted by atomic mass is 10.1. The fourth-order valence-corrected chi connectivity index (χ4v) is 2.82. The number of amides is 2. The molecular weight excluding hydrogens is 396 g/mol. The standard InChI is InChI=1S/C24H22N2O5/c1-16-10-12-17(13-11-16)14-25-23(29)18-6-2-4-8-20(18)26-22(28)15-31-24(30)19-7-3-5-9-21(19)27/h2-13,27H,14-15H2,1H3,(H,25,29)(H,26,28). The molecule has 0 spiro atoms. The molecule has 0 heterocycles. The molecule has 0 saturated carbocycles. The maximum Gasteiger partial charge on any atom is 0.342 e. The Balaban J connectivity index is 1.58. The number of phenols is 1. The first-order valence-corrected chi connectivity index (χ1v) is 9.62. The smallest absolute Gasteiger partial charge is 0.342 e. The molecule has 0 atom stereocenters. The summed E-state index contributed by atoms with van der Waals surface area (Å²) in [5.41, 5.74) is 2.64. The second-order valence-corrected chi connectivity index (χ2v) is 6.86. The van der Waals surface area contributed by atoms with Crippen molar-refractivity contribution in [1.82, 2.24) is 5.32 Å². The van der Waals surface area contributed by atoms with Gasteiger partial charge in [-0.05, 0) is 36.8 Å². The topological polar surface area (TPSA) is 105 Å². The fraction of sp³-hybridized carbons (Fsp3) is 0.125. The number of nitrogens with one attached hydrogen (secondary N) is 2. The number of hydrogen-bond acceptors (Lipinski definition) is 5. The maximum absolute atomic E-state index is 12.6. The number of esters is 1. The minimum absolute atomic E-state index is 0.0359. The number of hydrogen-bond donors (Lipinski definition) is 3. The van der Waals surface area contributed by atoms with Gasteiger partial charge in [-0.3, -0.25) is 9.59 Å². The largest absolute Gasteiger partial charge is 0.507 e. The Hall–Kier alpha value is -4.13. The lowest BCUT2D eigenvalue weighted by Crippen LogP contribution is -2.26. The highest BCUT2D eigenvalue weighted by molar-refractivity contribution is 6.04. The molecule has 0 aromatic heterocycles. The van der Waals surface area contributed by atoms with Gasteiger partial charge >= 0.3 is 5.97 Å². The number of aryl methyl sites for hydroxylation is 1. The maximum atomic E-state index is 12.6. The highest BCUT2D eigenvalue weighted by Gasteiger charge is 2.16. The van der Waals surface area contributed by atoms with Crippen LogP contribution in [0.5, 0.6) is 5.75 Å². The lowest BCUT2D eigenvalue weighted by Gasteiger charge is -2.12. The lowest BCUT2D eigenvalue weighted by molar-refractivity contribution is -0.119. The Kier molecular flexibility index (Phi) is 7.01. The van der Waals surface area contributed by atoms with E-state index in [0.717, 1.165) is 11.1 Å². The van der Waals surface area contributed by atoms with E-state index in [2.05, 4.69) is 10.6 Å². The molecule has 3 aromatic carbocycles. The Labute approximate surface area is 179 Å². The average molecular weight is 418 g/mol. The van der Waals surface area contributed by atoms with Crippen molar-refractivity contribution in [3.8, 4) is 5.75 Å².